The number of amides is 1. The number of carbonyl (C=O) groups excluding carboxylic acids is 1. The van der Waals surface area contributed by atoms with Crippen LogP contribution in [0.4, 0.5) is 18.9 Å². The number of carbonyl (C=O) groups is 1. The van der Waals surface area contributed by atoms with Gasteiger partial charge in [0, 0.05) is 46.7 Å². The summed E-state index contributed by atoms with van der Waals surface area (Å²) in [6.07, 6.45) is -4.22. The van der Waals surface area contributed by atoms with Crippen LogP contribution >= 0.6 is 24.0 Å². The average Bonchev–Trinajstić information content (AvgIpc) is 2.67. The van der Waals surface area contributed by atoms with Crippen LogP contribution in [0.1, 0.15) is 19.4 Å². The third kappa shape index (κ3) is 7.18. The fourth-order valence-corrected chi connectivity index (χ4v) is 3.19. The number of methoxy groups -OCH3 is 1. The average molecular weight is 543 g/mol. The fraction of sp³-hybridized carbons (Fsp3) is 0.579. The van der Waals surface area contributed by atoms with Crippen molar-refractivity contribution in [3.05, 3.63) is 23.8 Å². The highest BCUT2D eigenvalue weighted by Crippen LogP contribution is 2.26. The Morgan fingerprint density at radius 1 is 1.27 bits per heavy atom. The summed E-state index contributed by atoms with van der Waals surface area (Å²) < 4.78 is 44.0. The number of nitrogens with zero attached hydrogens (tertiary/aromatic N) is 3. The number of rotatable bonds is 5. The first-order chi connectivity index (χ1) is 13.7. The van der Waals surface area contributed by atoms with Crippen molar-refractivity contribution >= 4 is 41.5 Å². The van der Waals surface area contributed by atoms with Crippen LogP contribution in [0.3, 0.4) is 0 Å². The minimum Gasteiger partial charge on any atom is -0.495 e. The predicted molar refractivity (Wildman–Crippen MR) is 122 cm³/mol. The largest absolute Gasteiger partial charge is 0.495 e. The molecule has 1 aliphatic heterocycles. The Hall–Kier alpha value is -1.76. The Morgan fingerprint density at radius 2 is 1.90 bits per heavy atom. The van der Waals surface area contributed by atoms with Gasteiger partial charge in [-0.1, -0.05) is 6.07 Å². The van der Waals surface area contributed by atoms with E-state index >= 15 is 0 Å². The smallest absolute Gasteiger partial charge is 0.403 e. The Kier molecular flexibility index (Phi) is 10.1. The number of halogens is 4. The van der Waals surface area contributed by atoms with Crippen molar-refractivity contribution in [2.24, 2.45) is 4.99 Å². The molecule has 0 radical (unpaired) electrons. The minimum atomic E-state index is -4.22. The van der Waals surface area contributed by atoms with E-state index < -0.39 is 12.2 Å². The van der Waals surface area contributed by atoms with Crippen molar-refractivity contribution in [3.8, 4) is 5.75 Å². The molecule has 0 aromatic heterocycles. The monoisotopic (exact) mass is 543 g/mol. The number of alkyl halides is 3. The van der Waals surface area contributed by atoms with E-state index in [0.29, 0.717) is 50.1 Å². The van der Waals surface area contributed by atoms with E-state index in [1.165, 1.54) is 25.9 Å². The first kappa shape index (κ1) is 26.3. The Bertz CT molecular complexity index is 737. The lowest BCUT2D eigenvalue weighted by molar-refractivity contribution is -0.181. The van der Waals surface area contributed by atoms with Gasteiger partial charge >= 0.3 is 6.18 Å². The number of guanidine groups is 1. The summed E-state index contributed by atoms with van der Waals surface area (Å²) in [5.74, 6) is 0.986. The van der Waals surface area contributed by atoms with Gasteiger partial charge in [-0.15, -0.1) is 24.0 Å². The molecule has 2 N–H and O–H groups in total. The molecule has 1 atom stereocenters. The van der Waals surface area contributed by atoms with Crippen molar-refractivity contribution in [1.82, 2.24) is 15.1 Å². The highest BCUT2D eigenvalue weighted by Gasteiger charge is 2.41. The van der Waals surface area contributed by atoms with E-state index in [0.717, 1.165) is 5.56 Å². The van der Waals surface area contributed by atoms with E-state index in [4.69, 9.17) is 4.74 Å². The van der Waals surface area contributed by atoms with Gasteiger partial charge in [0.25, 0.3) is 0 Å². The second-order valence-electron chi connectivity index (χ2n) is 6.86. The van der Waals surface area contributed by atoms with Crippen molar-refractivity contribution < 1.29 is 22.7 Å². The third-order valence-electron chi connectivity index (χ3n) is 4.87. The van der Waals surface area contributed by atoms with E-state index in [-0.39, 0.29) is 29.9 Å². The second-order valence-corrected chi connectivity index (χ2v) is 6.86. The molecule has 1 heterocycles. The number of hydrogen-bond donors (Lipinski definition) is 2. The zero-order valence-electron chi connectivity index (χ0n) is 17.5. The van der Waals surface area contributed by atoms with Gasteiger partial charge in [0.1, 0.15) is 11.8 Å². The van der Waals surface area contributed by atoms with E-state index in [2.05, 4.69) is 15.6 Å². The number of aliphatic imine (C=N–C) groups is 1. The lowest BCUT2D eigenvalue weighted by Gasteiger charge is -2.39. The highest BCUT2D eigenvalue weighted by atomic mass is 127. The van der Waals surface area contributed by atoms with Crippen LogP contribution in [-0.4, -0.2) is 74.2 Å². The number of anilines is 1. The van der Waals surface area contributed by atoms with Crippen LogP contribution in [0, 0.1) is 0 Å². The highest BCUT2D eigenvalue weighted by molar-refractivity contribution is 14.0. The van der Waals surface area contributed by atoms with E-state index in [1.54, 1.807) is 13.1 Å². The molecule has 170 valence electrons. The van der Waals surface area contributed by atoms with Gasteiger partial charge in [-0.25, -0.2) is 0 Å². The molecule has 1 amide bonds. The summed E-state index contributed by atoms with van der Waals surface area (Å²) in [4.78, 5) is 19.0. The molecule has 0 aliphatic carbocycles. The number of piperazine rings is 1. The normalized spacial score (nSPS) is 16.5. The summed E-state index contributed by atoms with van der Waals surface area (Å²) in [6, 6.07) is 3.99. The lowest BCUT2D eigenvalue weighted by Crippen LogP contribution is -2.56. The summed E-state index contributed by atoms with van der Waals surface area (Å²) >= 11 is 0. The molecule has 1 aliphatic rings. The van der Waals surface area contributed by atoms with Crippen LogP contribution in [-0.2, 0) is 11.3 Å². The Balaban J connectivity index is 0.00000450. The van der Waals surface area contributed by atoms with Crippen molar-refractivity contribution in [1.29, 1.82) is 0 Å². The van der Waals surface area contributed by atoms with Crippen molar-refractivity contribution in [2.45, 2.75) is 32.6 Å². The number of hydrogen-bond acceptors (Lipinski definition) is 4. The molecular formula is C19H29F3IN5O2. The minimum absolute atomic E-state index is 0. The molecule has 1 saturated heterocycles. The first-order valence-corrected chi connectivity index (χ1v) is 9.36. The summed E-state index contributed by atoms with van der Waals surface area (Å²) in [7, 11) is 3.17. The molecule has 2 rings (SSSR count). The summed E-state index contributed by atoms with van der Waals surface area (Å²) in [5, 5.41) is 5.96. The van der Waals surface area contributed by atoms with Gasteiger partial charge in [-0.05, 0) is 24.6 Å². The molecule has 1 aromatic rings. The van der Waals surface area contributed by atoms with Crippen molar-refractivity contribution in [3.63, 3.8) is 0 Å². The van der Waals surface area contributed by atoms with Gasteiger partial charge in [0.2, 0.25) is 5.91 Å². The van der Waals surface area contributed by atoms with Gasteiger partial charge < -0.3 is 20.3 Å². The topological polar surface area (TPSA) is 69.2 Å². The maximum absolute atomic E-state index is 12.9. The van der Waals surface area contributed by atoms with Crippen LogP contribution in [0.2, 0.25) is 0 Å². The lowest BCUT2D eigenvalue weighted by atomic mass is 10.1. The second kappa shape index (κ2) is 11.6. The fourth-order valence-electron chi connectivity index (χ4n) is 3.19. The van der Waals surface area contributed by atoms with E-state index in [9.17, 15) is 18.0 Å². The Morgan fingerprint density at radius 3 is 2.40 bits per heavy atom. The Labute approximate surface area is 192 Å². The molecule has 1 aromatic carbocycles. The SMILES string of the molecule is CN=C(NCc1ccc(OC)c(NC(C)=O)c1)N1CCN(C(C)C(F)(F)F)CC1.I. The summed E-state index contributed by atoms with van der Waals surface area (Å²) in [5.41, 5.74) is 1.48. The molecule has 7 nitrogen and oxygen atoms in total. The molecule has 1 unspecified atom stereocenters. The number of ether oxygens (including phenoxy) is 1. The van der Waals surface area contributed by atoms with Crippen LogP contribution in [0.5, 0.6) is 5.75 Å². The summed E-state index contributed by atoms with van der Waals surface area (Å²) in [6.45, 7) is 4.61. The number of benzene rings is 1. The zero-order valence-corrected chi connectivity index (χ0v) is 19.9. The van der Waals surface area contributed by atoms with Gasteiger partial charge in [0.05, 0.1) is 12.8 Å². The molecule has 1 fully saturated rings. The van der Waals surface area contributed by atoms with Gasteiger partial charge in [0.15, 0.2) is 5.96 Å². The van der Waals surface area contributed by atoms with Gasteiger partial charge in [-0.3, -0.25) is 14.7 Å². The predicted octanol–water partition coefficient (Wildman–Crippen LogP) is 2.92. The van der Waals surface area contributed by atoms with Crippen LogP contribution in [0.15, 0.2) is 23.2 Å². The van der Waals surface area contributed by atoms with Crippen LogP contribution < -0.4 is 15.4 Å². The quantitative estimate of drug-likeness (QED) is 0.340. The molecule has 0 spiro atoms. The molecule has 0 saturated carbocycles. The van der Waals surface area contributed by atoms with Crippen LogP contribution in [0.25, 0.3) is 0 Å². The first-order valence-electron chi connectivity index (χ1n) is 9.36. The third-order valence-corrected chi connectivity index (χ3v) is 4.87. The number of nitrogens with one attached hydrogen (secondary N) is 2. The zero-order chi connectivity index (χ0) is 21.6. The maximum Gasteiger partial charge on any atom is 0.403 e. The van der Waals surface area contributed by atoms with Crippen molar-refractivity contribution in [2.75, 3.05) is 45.7 Å². The standard InChI is InChI=1S/C19H28F3N5O2.HI/c1-13(19(20,21)22)26-7-9-27(10-8-26)18(23-3)24-12-15-5-6-17(29-4)16(11-15)25-14(2)28;/h5-6,11,13H,7-10,12H2,1-4H3,(H,23,24)(H,25,28);1H. The van der Waals surface area contributed by atoms with Gasteiger partial charge in [-0.2, -0.15) is 13.2 Å². The molecular weight excluding hydrogens is 514 g/mol. The maximum atomic E-state index is 12.9. The molecule has 11 heteroatoms. The molecule has 0 bridgehead atoms. The molecule has 30 heavy (non-hydrogen) atoms. The van der Waals surface area contributed by atoms with E-state index in [1.807, 2.05) is 17.0 Å².